The molecule has 14 heteroatoms. The third kappa shape index (κ3) is 8.02. The van der Waals surface area contributed by atoms with Gasteiger partial charge in [-0.15, -0.1) is 10.2 Å². The largest absolute Gasteiger partial charge is 0.394 e. The van der Waals surface area contributed by atoms with Crippen LogP contribution in [0.4, 0.5) is 5.95 Å². The minimum absolute atomic E-state index is 0.0183. The van der Waals surface area contributed by atoms with E-state index in [-0.39, 0.29) is 24.4 Å². The number of anilines is 1. The highest BCUT2D eigenvalue weighted by molar-refractivity contribution is 9.10. The first-order valence-corrected chi connectivity index (χ1v) is 20.0. The summed E-state index contributed by atoms with van der Waals surface area (Å²) in [6.45, 7) is 14.8. The Morgan fingerprint density at radius 2 is 1.64 bits per heavy atom. The molecule has 0 aliphatic rings. The molecule has 2 heterocycles. The van der Waals surface area contributed by atoms with Gasteiger partial charge in [-0.05, 0) is 58.4 Å². The van der Waals surface area contributed by atoms with Gasteiger partial charge in [0.05, 0.1) is 25.4 Å². The average molecular weight is 684 g/mol. The predicted octanol–water partition coefficient (Wildman–Crippen LogP) is 4.67. The van der Waals surface area contributed by atoms with E-state index in [1.807, 2.05) is 45.9 Å². The second-order valence-electron chi connectivity index (χ2n) is 12.1. The number of nitrogens with zero attached hydrogens (tertiary/aromatic N) is 6. The maximum absolute atomic E-state index is 14.6. The number of aromatic nitrogens is 5. The van der Waals surface area contributed by atoms with Crippen molar-refractivity contribution in [3.63, 3.8) is 0 Å². The highest BCUT2D eigenvalue weighted by atomic mass is 79.9. The summed E-state index contributed by atoms with van der Waals surface area (Å²) in [5.74, 6) is 0.612. The van der Waals surface area contributed by atoms with Gasteiger partial charge in [0, 0.05) is 37.0 Å². The number of halogens is 1. The van der Waals surface area contributed by atoms with Crippen molar-refractivity contribution in [2.24, 2.45) is 0 Å². The van der Waals surface area contributed by atoms with Crippen molar-refractivity contribution in [2.75, 3.05) is 24.1 Å². The van der Waals surface area contributed by atoms with Crippen LogP contribution in [-0.4, -0.2) is 82.5 Å². The van der Waals surface area contributed by atoms with Gasteiger partial charge in [-0.2, -0.15) is 0 Å². The van der Waals surface area contributed by atoms with E-state index >= 15 is 0 Å². The molecule has 3 rings (SSSR count). The normalized spacial score (nSPS) is 14.0. The first-order chi connectivity index (χ1) is 19.6. The molecule has 0 fully saturated rings. The molecule has 0 bridgehead atoms. The molecule has 0 spiro atoms. The Balaban J connectivity index is 2.25. The Bertz CT molecular complexity index is 1440. The zero-order valence-electron chi connectivity index (χ0n) is 25.6. The lowest BCUT2D eigenvalue weighted by Gasteiger charge is -2.33. The smallest absolute Gasteiger partial charge is 0.243 e. The first kappa shape index (κ1) is 34.3. The maximum atomic E-state index is 14.6. The van der Waals surface area contributed by atoms with Crippen molar-refractivity contribution < 1.29 is 23.4 Å². The van der Waals surface area contributed by atoms with Crippen LogP contribution in [-0.2, 0) is 14.8 Å². The van der Waals surface area contributed by atoms with Crippen LogP contribution in [0.15, 0.2) is 35.1 Å². The van der Waals surface area contributed by atoms with E-state index < -0.39 is 48.7 Å². The van der Waals surface area contributed by atoms with Gasteiger partial charge in [-0.3, -0.25) is 4.57 Å². The Morgan fingerprint density at radius 3 is 2.19 bits per heavy atom. The van der Waals surface area contributed by atoms with E-state index in [1.54, 1.807) is 19.3 Å². The van der Waals surface area contributed by atoms with Gasteiger partial charge < -0.3 is 14.9 Å². The molecule has 0 saturated heterocycles. The van der Waals surface area contributed by atoms with E-state index in [0.717, 1.165) is 15.6 Å². The van der Waals surface area contributed by atoms with Gasteiger partial charge in [0.25, 0.3) is 0 Å². The second kappa shape index (κ2) is 14.0. The highest BCUT2D eigenvalue weighted by Gasteiger charge is 2.41. The number of sulfonamides is 1. The molecule has 0 unspecified atom stereocenters. The zero-order valence-corrected chi connectivity index (χ0v) is 29.0. The standard InChI is InChI=1S/C28H43BrN6O5SSi/c1-18(2)40-25(26-30-14-20(4)15-31-26)21(5)41(38,39)34(11-12-42(6,7)8)28-33-32-27(35(28)22(16-36)17-37)23-13-19(3)9-10-24(23)29/h9-10,13-15,18,21-22,25,36-37H,11-12,16-17H2,1-8H3/t21-,25+/m0/s1. The first-order valence-electron chi connectivity index (χ1n) is 14.0. The Kier molecular flexibility index (Phi) is 11.4. The molecule has 0 radical (unpaired) electrons. The molecule has 0 aliphatic heterocycles. The summed E-state index contributed by atoms with van der Waals surface area (Å²) < 4.78 is 38.9. The van der Waals surface area contributed by atoms with Crippen LogP contribution in [0.5, 0.6) is 0 Å². The molecule has 1 aromatic carbocycles. The van der Waals surface area contributed by atoms with Crippen LogP contribution in [0, 0.1) is 13.8 Å². The molecule has 232 valence electrons. The summed E-state index contributed by atoms with van der Waals surface area (Å²) in [6, 6.07) is 5.44. The molecule has 2 aromatic heterocycles. The molecule has 3 aromatic rings. The van der Waals surface area contributed by atoms with Crippen LogP contribution in [0.1, 0.15) is 49.9 Å². The van der Waals surface area contributed by atoms with Gasteiger partial charge >= 0.3 is 0 Å². The van der Waals surface area contributed by atoms with Gasteiger partial charge in [-0.1, -0.05) is 47.2 Å². The van der Waals surface area contributed by atoms with Gasteiger partial charge in [0.15, 0.2) is 11.6 Å². The molecule has 2 N–H and O–H groups in total. The van der Waals surface area contributed by atoms with E-state index in [0.29, 0.717) is 17.4 Å². The maximum Gasteiger partial charge on any atom is 0.243 e. The Morgan fingerprint density at radius 1 is 1.02 bits per heavy atom. The minimum Gasteiger partial charge on any atom is -0.394 e. The van der Waals surface area contributed by atoms with Crippen LogP contribution in [0.2, 0.25) is 25.7 Å². The molecule has 42 heavy (non-hydrogen) atoms. The number of aliphatic hydroxyl groups excluding tert-OH is 2. The summed E-state index contributed by atoms with van der Waals surface area (Å²) in [7, 11) is -5.94. The van der Waals surface area contributed by atoms with Crippen molar-refractivity contribution in [3.05, 3.63) is 52.0 Å². The molecule has 2 atom stereocenters. The van der Waals surface area contributed by atoms with E-state index in [2.05, 4.69) is 55.7 Å². The second-order valence-corrected chi connectivity index (χ2v) is 20.7. The molecule has 0 amide bonds. The summed E-state index contributed by atoms with van der Waals surface area (Å²) in [6.07, 6.45) is 2.02. The zero-order chi connectivity index (χ0) is 31.4. The fourth-order valence-electron chi connectivity index (χ4n) is 4.36. The average Bonchev–Trinajstić information content (AvgIpc) is 3.33. The molecule has 11 nitrogen and oxygen atoms in total. The van der Waals surface area contributed by atoms with Crippen molar-refractivity contribution >= 4 is 40.0 Å². The van der Waals surface area contributed by atoms with E-state index in [1.165, 1.54) is 8.87 Å². The fourth-order valence-corrected chi connectivity index (χ4v) is 7.44. The number of benzene rings is 1. The lowest BCUT2D eigenvalue weighted by molar-refractivity contribution is 0.00139. The van der Waals surface area contributed by atoms with Crippen LogP contribution >= 0.6 is 15.9 Å². The van der Waals surface area contributed by atoms with Gasteiger partial charge in [0.1, 0.15) is 11.4 Å². The number of ether oxygens (including phenoxy) is 1. The third-order valence-electron chi connectivity index (χ3n) is 6.79. The topological polar surface area (TPSA) is 144 Å². The van der Waals surface area contributed by atoms with Crippen molar-refractivity contribution in [3.8, 4) is 11.4 Å². The summed E-state index contributed by atoms with van der Waals surface area (Å²) in [4.78, 5) is 8.80. The third-order valence-corrected chi connectivity index (χ3v) is 11.4. The number of hydrogen-bond donors (Lipinski definition) is 2. The van der Waals surface area contributed by atoms with Gasteiger partial charge in [-0.25, -0.2) is 22.7 Å². The Hall–Kier alpha value is -2.23. The van der Waals surface area contributed by atoms with Gasteiger partial charge in [0.2, 0.25) is 16.0 Å². The van der Waals surface area contributed by atoms with Crippen LogP contribution in [0.25, 0.3) is 11.4 Å². The Labute approximate surface area is 258 Å². The number of hydrogen-bond acceptors (Lipinski definition) is 9. The van der Waals surface area contributed by atoms with Crippen molar-refractivity contribution in [1.82, 2.24) is 24.7 Å². The fraction of sp³-hybridized carbons (Fsp3) is 0.571. The molecular formula is C28H43BrN6O5SSi. The summed E-state index contributed by atoms with van der Waals surface area (Å²) >= 11 is 3.57. The monoisotopic (exact) mass is 682 g/mol. The minimum atomic E-state index is -4.19. The number of aliphatic hydroxyl groups is 2. The lowest BCUT2D eigenvalue weighted by atomic mass is 10.1. The summed E-state index contributed by atoms with van der Waals surface area (Å²) in [5.41, 5.74) is 2.46. The van der Waals surface area contributed by atoms with E-state index in [4.69, 9.17) is 4.74 Å². The molecule has 0 saturated carbocycles. The molecular weight excluding hydrogens is 640 g/mol. The SMILES string of the molecule is Cc1cnc([C@H](OC(C)C)[C@H](C)S(=O)(=O)N(CC[Si](C)(C)C)c2nnc(-c3cc(C)ccc3Br)n2C(CO)CO)nc1. The number of aryl methyl sites for hydroxylation is 2. The van der Waals surface area contributed by atoms with E-state index in [9.17, 15) is 18.6 Å². The molecule has 0 aliphatic carbocycles. The van der Waals surface area contributed by atoms with Crippen LogP contribution in [0.3, 0.4) is 0 Å². The van der Waals surface area contributed by atoms with Crippen molar-refractivity contribution in [2.45, 2.75) is 83.8 Å². The lowest BCUT2D eigenvalue weighted by Crippen LogP contribution is -2.45. The summed E-state index contributed by atoms with van der Waals surface area (Å²) in [5, 5.41) is 28.3. The predicted molar refractivity (Wildman–Crippen MR) is 171 cm³/mol. The number of rotatable bonds is 14. The highest BCUT2D eigenvalue weighted by Crippen LogP contribution is 2.36. The van der Waals surface area contributed by atoms with Crippen LogP contribution < -0.4 is 4.31 Å². The van der Waals surface area contributed by atoms with Crippen molar-refractivity contribution in [1.29, 1.82) is 0 Å². The quantitative estimate of drug-likeness (QED) is 0.232.